The number of nitrogens with zero attached hydrogens (tertiary/aromatic N) is 1. The first-order chi connectivity index (χ1) is 10.2. The van der Waals surface area contributed by atoms with Crippen molar-refractivity contribution in [3.8, 4) is 0 Å². The topological polar surface area (TPSA) is 15.3 Å². The van der Waals surface area contributed by atoms with Gasteiger partial charge in [-0.05, 0) is 50.8 Å². The van der Waals surface area contributed by atoms with E-state index in [1.54, 1.807) is 0 Å². The molecule has 3 rings (SSSR count). The van der Waals surface area contributed by atoms with Gasteiger partial charge >= 0.3 is 0 Å². The van der Waals surface area contributed by atoms with Gasteiger partial charge < -0.3 is 5.32 Å². The molecule has 2 heterocycles. The summed E-state index contributed by atoms with van der Waals surface area (Å²) in [5.41, 5.74) is 1.08. The molecule has 2 bridgehead atoms. The van der Waals surface area contributed by atoms with E-state index in [1.807, 2.05) is 18.2 Å². The van der Waals surface area contributed by atoms with Gasteiger partial charge in [0.05, 0.1) is 0 Å². The Kier molecular flexibility index (Phi) is 5.11. The van der Waals surface area contributed by atoms with Crippen molar-refractivity contribution in [2.24, 2.45) is 0 Å². The van der Waals surface area contributed by atoms with Crippen molar-refractivity contribution >= 4 is 23.2 Å². The number of piperidine rings is 1. The van der Waals surface area contributed by atoms with E-state index in [9.17, 15) is 0 Å². The van der Waals surface area contributed by atoms with Gasteiger partial charge in [-0.2, -0.15) is 0 Å². The van der Waals surface area contributed by atoms with Crippen LogP contribution in [0.25, 0.3) is 0 Å². The van der Waals surface area contributed by atoms with Crippen molar-refractivity contribution in [2.75, 3.05) is 6.54 Å². The maximum absolute atomic E-state index is 6.36. The fraction of sp³-hybridized carbons (Fsp3) is 0.647. The summed E-state index contributed by atoms with van der Waals surface area (Å²) in [5.74, 6) is 0. The monoisotopic (exact) mass is 326 g/mol. The van der Waals surface area contributed by atoms with Gasteiger partial charge in [0.2, 0.25) is 0 Å². The second-order valence-corrected chi connectivity index (χ2v) is 7.25. The fourth-order valence-electron chi connectivity index (χ4n) is 3.89. The summed E-state index contributed by atoms with van der Waals surface area (Å²) < 4.78 is 0. The van der Waals surface area contributed by atoms with Crippen LogP contribution in [0.1, 0.15) is 44.6 Å². The van der Waals surface area contributed by atoms with E-state index in [4.69, 9.17) is 23.2 Å². The Labute approximate surface area is 137 Å². The molecule has 0 spiro atoms. The SMILES string of the molecule is CCCN(Cc1c(Cl)cccc1Cl)C1CC2CCC(C1)N2. The van der Waals surface area contributed by atoms with Gasteiger partial charge in [0, 0.05) is 40.3 Å². The van der Waals surface area contributed by atoms with E-state index in [0.717, 1.165) is 40.8 Å². The van der Waals surface area contributed by atoms with Gasteiger partial charge in [0.25, 0.3) is 0 Å². The summed E-state index contributed by atoms with van der Waals surface area (Å²) in [5, 5.41) is 5.31. The second-order valence-electron chi connectivity index (χ2n) is 6.43. The lowest BCUT2D eigenvalue weighted by atomic mass is 9.97. The van der Waals surface area contributed by atoms with Crippen LogP contribution in [0.2, 0.25) is 10.0 Å². The number of halogens is 2. The first kappa shape index (κ1) is 15.6. The Bertz CT molecular complexity index is 459. The van der Waals surface area contributed by atoms with Crippen LogP contribution in [0.4, 0.5) is 0 Å². The summed E-state index contributed by atoms with van der Waals surface area (Å²) in [6, 6.07) is 7.90. The fourth-order valence-corrected chi connectivity index (χ4v) is 4.41. The first-order valence-corrected chi connectivity index (χ1v) is 8.86. The molecule has 2 atom stereocenters. The number of benzene rings is 1. The van der Waals surface area contributed by atoms with Crippen LogP contribution in [0.5, 0.6) is 0 Å². The largest absolute Gasteiger partial charge is 0.311 e. The van der Waals surface area contributed by atoms with E-state index in [-0.39, 0.29) is 0 Å². The van der Waals surface area contributed by atoms with Crippen LogP contribution in [0, 0.1) is 0 Å². The molecule has 0 aromatic heterocycles. The van der Waals surface area contributed by atoms with Crippen molar-refractivity contribution < 1.29 is 0 Å². The summed E-state index contributed by atoms with van der Waals surface area (Å²) >= 11 is 12.7. The molecule has 0 saturated carbocycles. The third-order valence-corrected chi connectivity index (χ3v) is 5.61. The molecule has 2 aliphatic rings. The molecule has 1 N–H and O–H groups in total. The molecular formula is C17H24Cl2N2. The Hall–Kier alpha value is -0.280. The number of nitrogens with one attached hydrogen (secondary N) is 1. The zero-order valence-electron chi connectivity index (χ0n) is 12.6. The maximum Gasteiger partial charge on any atom is 0.0465 e. The predicted octanol–water partition coefficient (Wildman–Crippen LogP) is 4.49. The highest BCUT2D eigenvalue weighted by Gasteiger charge is 2.36. The quantitative estimate of drug-likeness (QED) is 0.857. The molecule has 2 fully saturated rings. The third kappa shape index (κ3) is 3.56. The molecule has 0 radical (unpaired) electrons. The van der Waals surface area contributed by atoms with E-state index in [0.29, 0.717) is 6.04 Å². The number of hydrogen-bond donors (Lipinski definition) is 1. The number of rotatable bonds is 5. The Morgan fingerprint density at radius 2 is 1.76 bits per heavy atom. The summed E-state index contributed by atoms with van der Waals surface area (Å²) in [4.78, 5) is 2.60. The molecule has 2 nitrogen and oxygen atoms in total. The van der Waals surface area contributed by atoms with Crippen LogP contribution in [0.15, 0.2) is 18.2 Å². The molecule has 4 heteroatoms. The Morgan fingerprint density at radius 3 is 2.33 bits per heavy atom. The van der Waals surface area contributed by atoms with Crippen LogP contribution >= 0.6 is 23.2 Å². The van der Waals surface area contributed by atoms with E-state index in [1.165, 1.54) is 32.1 Å². The van der Waals surface area contributed by atoms with Crippen molar-refractivity contribution in [3.05, 3.63) is 33.8 Å². The van der Waals surface area contributed by atoms with Gasteiger partial charge in [-0.1, -0.05) is 36.2 Å². The molecule has 2 saturated heterocycles. The average molecular weight is 327 g/mol. The van der Waals surface area contributed by atoms with Crippen LogP contribution in [-0.4, -0.2) is 29.6 Å². The van der Waals surface area contributed by atoms with Gasteiger partial charge in [0.15, 0.2) is 0 Å². The van der Waals surface area contributed by atoms with Gasteiger partial charge in [-0.25, -0.2) is 0 Å². The number of fused-ring (bicyclic) bond motifs is 2. The summed E-state index contributed by atoms with van der Waals surface area (Å²) in [6.07, 6.45) is 6.38. The first-order valence-electron chi connectivity index (χ1n) is 8.10. The molecule has 21 heavy (non-hydrogen) atoms. The van der Waals surface area contributed by atoms with Crippen LogP contribution in [-0.2, 0) is 6.54 Å². The minimum absolute atomic E-state index is 0.663. The van der Waals surface area contributed by atoms with Crippen LogP contribution in [0.3, 0.4) is 0 Å². The summed E-state index contributed by atoms with van der Waals surface area (Å²) in [6.45, 7) is 4.24. The normalized spacial score (nSPS) is 28.3. The molecule has 116 valence electrons. The van der Waals surface area contributed by atoms with E-state index in [2.05, 4.69) is 17.1 Å². The highest BCUT2D eigenvalue weighted by Crippen LogP contribution is 2.32. The van der Waals surface area contributed by atoms with Crippen molar-refractivity contribution in [2.45, 2.75) is 63.7 Å². The molecule has 1 aromatic rings. The Balaban J connectivity index is 1.75. The van der Waals surface area contributed by atoms with Crippen molar-refractivity contribution in [1.29, 1.82) is 0 Å². The molecule has 0 aliphatic carbocycles. The zero-order valence-corrected chi connectivity index (χ0v) is 14.1. The smallest absolute Gasteiger partial charge is 0.0465 e. The second kappa shape index (κ2) is 6.87. The van der Waals surface area contributed by atoms with Gasteiger partial charge in [0.1, 0.15) is 0 Å². The Morgan fingerprint density at radius 1 is 1.14 bits per heavy atom. The zero-order chi connectivity index (χ0) is 14.8. The van der Waals surface area contributed by atoms with Crippen molar-refractivity contribution in [1.82, 2.24) is 10.2 Å². The molecular weight excluding hydrogens is 303 g/mol. The van der Waals surface area contributed by atoms with E-state index < -0.39 is 0 Å². The summed E-state index contributed by atoms with van der Waals surface area (Å²) in [7, 11) is 0. The highest BCUT2D eigenvalue weighted by molar-refractivity contribution is 6.35. The standard InChI is InChI=1S/C17H24Cl2N2/c1-2-8-21(11-15-16(18)4-3-5-17(15)19)14-9-12-6-7-13(10-14)20-12/h3-5,12-14,20H,2,6-11H2,1H3. The average Bonchev–Trinajstić information content (AvgIpc) is 2.80. The molecule has 2 unspecified atom stereocenters. The third-order valence-electron chi connectivity index (χ3n) is 4.90. The minimum Gasteiger partial charge on any atom is -0.311 e. The lowest BCUT2D eigenvalue weighted by Gasteiger charge is -2.38. The number of hydrogen-bond acceptors (Lipinski definition) is 2. The predicted molar refractivity (Wildman–Crippen MR) is 90.1 cm³/mol. The highest BCUT2D eigenvalue weighted by atomic mass is 35.5. The molecule has 1 aromatic carbocycles. The maximum atomic E-state index is 6.36. The van der Waals surface area contributed by atoms with E-state index >= 15 is 0 Å². The molecule has 0 amide bonds. The van der Waals surface area contributed by atoms with Gasteiger partial charge in [-0.15, -0.1) is 0 Å². The van der Waals surface area contributed by atoms with Gasteiger partial charge in [-0.3, -0.25) is 4.90 Å². The van der Waals surface area contributed by atoms with Crippen molar-refractivity contribution in [3.63, 3.8) is 0 Å². The molecule has 2 aliphatic heterocycles. The lowest BCUT2D eigenvalue weighted by molar-refractivity contribution is 0.134. The van der Waals surface area contributed by atoms with Crippen LogP contribution < -0.4 is 5.32 Å². The minimum atomic E-state index is 0.663. The lowest BCUT2D eigenvalue weighted by Crippen LogP contribution is -2.48.